The van der Waals surface area contributed by atoms with Crippen molar-refractivity contribution in [1.29, 1.82) is 0 Å². The van der Waals surface area contributed by atoms with Gasteiger partial charge in [-0.3, -0.25) is 4.90 Å². The fraction of sp³-hybridized carbons (Fsp3) is 0.667. The Morgan fingerprint density at radius 3 is 3.05 bits per heavy atom. The fourth-order valence-electron chi connectivity index (χ4n) is 2.53. The van der Waals surface area contributed by atoms with Crippen molar-refractivity contribution in [2.24, 2.45) is 11.7 Å². The first-order chi connectivity index (χ1) is 9.22. The standard InChI is InChI=1S/C15H22N4/c1-12(16)3-2-4-14-9-17-15-11-18(7-8-19(14)15)10-13-5-6-13/h9,12-13H,3,5-8,10-11,16H2,1H3/t12-/m0/s1. The highest BCUT2D eigenvalue weighted by Crippen LogP contribution is 2.30. The largest absolute Gasteiger partial charge is 0.327 e. The number of imidazole rings is 1. The summed E-state index contributed by atoms with van der Waals surface area (Å²) in [4.78, 5) is 7.05. The van der Waals surface area contributed by atoms with E-state index in [1.54, 1.807) is 0 Å². The van der Waals surface area contributed by atoms with Crippen LogP contribution in [0.1, 0.15) is 37.7 Å². The average molecular weight is 258 g/mol. The van der Waals surface area contributed by atoms with Crippen LogP contribution in [0.25, 0.3) is 0 Å². The summed E-state index contributed by atoms with van der Waals surface area (Å²) in [5.41, 5.74) is 6.75. The van der Waals surface area contributed by atoms with E-state index in [0.717, 1.165) is 43.5 Å². The first-order valence-electron chi connectivity index (χ1n) is 7.23. The van der Waals surface area contributed by atoms with Gasteiger partial charge in [-0.1, -0.05) is 5.92 Å². The number of nitrogens with two attached hydrogens (primary N) is 1. The van der Waals surface area contributed by atoms with Gasteiger partial charge in [-0.15, -0.1) is 0 Å². The third-order valence-electron chi connectivity index (χ3n) is 3.80. The lowest BCUT2D eigenvalue weighted by Gasteiger charge is -2.27. The molecule has 1 aromatic heterocycles. The van der Waals surface area contributed by atoms with Gasteiger partial charge in [0.2, 0.25) is 0 Å². The molecule has 4 nitrogen and oxygen atoms in total. The Hall–Kier alpha value is -1.31. The highest BCUT2D eigenvalue weighted by atomic mass is 15.2. The molecule has 1 aliphatic heterocycles. The Labute approximate surface area is 115 Å². The summed E-state index contributed by atoms with van der Waals surface area (Å²) in [6.07, 6.45) is 5.48. The smallest absolute Gasteiger partial charge is 0.123 e. The van der Waals surface area contributed by atoms with Crippen molar-refractivity contribution < 1.29 is 0 Å². The highest BCUT2D eigenvalue weighted by molar-refractivity contribution is 5.28. The van der Waals surface area contributed by atoms with Crippen LogP contribution in [0, 0.1) is 17.8 Å². The molecule has 0 bridgehead atoms. The lowest BCUT2D eigenvalue weighted by Crippen LogP contribution is -2.35. The molecule has 19 heavy (non-hydrogen) atoms. The maximum atomic E-state index is 5.71. The summed E-state index contributed by atoms with van der Waals surface area (Å²) < 4.78 is 2.26. The molecule has 3 rings (SSSR count). The van der Waals surface area contributed by atoms with Crippen molar-refractivity contribution in [3.63, 3.8) is 0 Å². The van der Waals surface area contributed by atoms with Gasteiger partial charge in [0.1, 0.15) is 11.5 Å². The molecule has 1 aromatic rings. The van der Waals surface area contributed by atoms with E-state index in [4.69, 9.17) is 5.73 Å². The van der Waals surface area contributed by atoms with Gasteiger partial charge in [-0.05, 0) is 31.6 Å². The van der Waals surface area contributed by atoms with Crippen LogP contribution in [0.2, 0.25) is 0 Å². The van der Waals surface area contributed by atoms with Gasteiger partial charge >= 0.3 is 0 Å². The molecule has 0 saturated heterocycles. The average Bonchev–Trinajstić information content (AvgIpc) is 3.09. The minimum atomic E-state index is 0.144. The maximum Gasteiger partial charge on any atom is 0.123 e. The van der Waals surface area contributed by atoms with Crippen molar-refractivity contribution in [3.05, 3.63) is 17.7 Å². The molecule has 102 valence electrons. The molecule has 2 aliphatic rings. The Bertz CT molecular complexity index is 502. The van der Waals surface area contributed by atoms with E-state index in [2.05, 4.69) is 26.3 Å². The van der Waals surface area contributed by atoms with Crippen molar-refractivity contribution >= 4 is 0 Å². The summed E-state index contributed by atoms with van der Waals surface area (Å²) >= 11 is 0. The number of nitrogens with zero attached hydrogens (tertiary/aromatic N) is 3. The van der Waals surface area contributed by atoms with Gasteiger partial charge in [0.15, 0.2) is 0 Å². The molecular formula is C15H22N4. The van der Waals surface area contributed by atoms with E-state index >= 15 is 0 Å². The number of hydrogen-bond donors (Lipinski definition) is 1. The molecule has 1 fully saturated rings. The molecule has 2 heterocycles. The van der Waals surface area contributed by atoms with Crippen molar-refractivity contribution in [2.75, 3.05) is 13.1 Å². The Morgan fingerprint density at radius 1 is 1.47 bits per heavy atom. The third kappa shape index (κ3) is 3.17. The van der Waals surface area contributed by atoms with Crippen LogP contribution in [0.3, 0.4) is 0 Å². The first-order valence-corrected chi connectivity index (χ1v) is 7.23. The number of aromatic nitrogens is 2. The quantitative estimate of drug-likeness (QED) is 0.829. The Balaban J connectivity index is 1.66. The van der Waals surface area contributed by atoms with Crippen LogP contribution in [-0.4, -0.2) is 33.6 Å². The van der Waals surface area contributed by atoms with Crippen LogP contribution in [0.15, 0.2) is 6.20 Å². The van der Waals surface area contributed by atoms with Gasteiger partial charge in [-0.2, -0.15) is 0 Å². The lowest BCUT2D eigenvalue weighted by molar-refractivity contribution is 0.208. The topological polar surface area (TPSA) is 47.1 Å². The van der Waals surface area contributed by atoms with E-state index in [9.17, 15) is 0 Å². The molecular weight excluding hydrogens is 236 g/mol. The zero-order valence-electron chi connectivity index (χ0n) is 11.6. The molecule has 1 atom stereocenters. The number of fused-ring (bicyclic) bond motifs is 1. The van der Waals surface area contributed by atoms with Crippen molar-refractivity contribution in [3.8, 4) is 11.8 Å². The van der Waals surface area contributed by atoms with E-state index in [1.165, 1.54) is 19.4 Å². The van der Waals surface area contributed by atoms with Crippen LogP contribution < -0.4 is 5.73 Å². The van der Waals surface area contributed by atoms with Gasteiger partial charge in [-0.25, -0.2) is 4.98 Å². The fourth-order valence-corrected chi connectivity index (χ4v) is 2.53. The molecule has 1 saturated carbocycles. The van der Waals surface area contributed by atoms with Gasteiger partial charge in [0, 0.05) is 32.1 Å². The minimum absolute atomic E-state index is 0.144. The summed E-state index contributed by atoms with van der Waals surface area (Å²) in [6, 6.07) is 0.144. The minimum Gasteiger partial charge on any atom is -0.327 e. The summed E-state index contributed by atoms with van der Waals surface area (Å²) in [5, 5.41) is 0. The molecule has 4 heteroatoms. The maximum absolute atomic E-state index is 5.71. The SMILES string of the molecule is C[C@H](N)CC#Cc1cnc2n1CCN(CC1CC1)C2. The third-order valence-corrected chi connectivity index (χ3v) is 3.80. The van der Waals surface area contributed by atoms with Crippen LogP contribution in [0.5, 0.6) is 0 Å². The molecule has 0 radical (unpaired) electrons. The molecule has 2 N–H and O–H groups in total. The molecule has 0 unspecified atom stereocenters. The van der Waals surface area contributed by atoms with Crippen LogP contribution in [-0.2, 0) is 13.1 Å². The van der Waals surface area contributed by atoms with E-state index < -0.39 is 0 Å². The van der Waals surface area contributed by atoms with Gasteiger partial charge in [0.05, 0.1) is 12.7 Å². The Morgan fingerprint density at radius 2 is 2.32 bits per heavy atom. The van der Waals surface area contributed by atoms with Gasteiger partial charge < -0.3 is 10.3 Å². The number of rotatable bonds is 3. The Kier molecular flexibility index (Phi) is 3.58. The van der Waals surface area contributed by atoms with Gasteiger partial charge in [0.25, 0.3) is 0 Å². The second-order valence-corrected chi connectivity index (χ2v) is 5.87. The monoisotopic (exact) mass is 258 g/mol. The predicted octanol–water partition coefficient (Wildman–Crippen LogP) is 1.20. The summed E-state index contributed by atoms with van der Waals surface area (Å²) in [6.45, 7) is 6.35. The van der Waals surface area contributed by atoms with E-state index in [1.807, 2.05) is 13.1 Å². The van der Waals surface area contributed by atoms with Crippen molar-refractivity contribution in [2.45, 2.75) is 45.3 Å². The molecule has 0 aromatic carbocycles. The van der Waals surface area contributed by atoms with Crippen molar-refractivity contribution in [1.82, 2.24) is 14.5 Å². The molecule has 1 aliphatic carbocycles. The molecule has 0 amide bonds. The number of hydrogen-bond acceptors (Lipinski definition) is 3. The first kappa shape index (κ1) is 12.7. The predicted molar refractivity (Wildman–Crippen MR) is 75.4 cm³/mol. The molecule has 0 spiro atoms. The lowest BCUT2D eigenvalue weighted by atomic mass is 10.2. The zero-order valence-corrected chi connectivity index (χ0v) is 11.6. The second-order valence-electron chi connectivity index (χ2n) is 5.87. The van der Waals surface area contributed by atoms with Crippen LogP contribution in [0.4, 0.5) is 0 Å². The highest BCUT2D eigenvalue weighted by Gasteiger charge is 2.27. The summed E-state index contributed by atoms with van der Waals surface area (Å²) in [5.74, 6) is 8.46. The normalized spacial score (nSPS) is 20.5. The van der Waals surface area contributed by atoms with E-state index in [-0.39, 0.29) is 6.04 Å². The zero-order chi connectivity index (χ0) is 13.2. The van der Waals surface area contributed by atoms with E-state index in [0.29, 0.717) is 0 Å². The summed E-state index contributed by atoms with van der Waals surface area (Å²) in [7, 11) is 0. The van der Waals surface area contributed by atoms with Crippen LogP contribution >= 0.6 is 0 Å². The second kappa shape index (κ2) is 5.36.